The minimum Gasteiger partial charge on any atom is -0.495 e. The van der Waals surface area contributed by atoms with Crippen LogP contribution in [0.3, 0.4) is 0 Å². The number of pyridine rings is 2. The highest BCUT2D eigenvalue weighted by Crippen LogP contribution is 2.47. The minimum atomic E-state index is -0.596. The molecule has 0 unspecified atom stereocenters. The maximum atomic E-state index is 12.2. The molecular formula is C27H19Cl2N7O3. The van der Waals surface area contributed by atoms with Crippen LogP contribution >= 0.6 is 23.2 Å². The van der Waals surface area contributed by atoms with Gasteiger partial charge in [-0.15, -0.1) is 0 Å². The molecule has 0 fully saturated rings. The molecule has 2 N–H and O–H groups in total. The maximum Gasteiger partial charge on any atom is 0.265 e. The van der Waals surface area contributed by atoms with Crippen molar-refractivity contribution >= 4 is 62.9 Å². The number of carbonyl (C=O) groups excluding carboxylic acids is 1. The number of nitrogens with one attached hydrogen (secondary N) is 2. The predicted octanol–water partition coefficient (Wildman–Crippen LogP) is 6.03. The van der Waals surface area contributed by atoms with Gasteiger partial charge in [0, 0.05) is 34.8 Å². The number of methoxy groups -OCH3 is 2. The normalized spacial score (nSPS) is 10.7. The van der Waals surface area contributed by atoms with Crippen molar-refractivity contribution in [3.8, 4) is 28.7 Å². The fraction of sp³-hybridized carbons (Fsp3) is 0.0741. The number of rotatable bonds is 7. The summed E-state index contributed by atoms with van der Waals surface area (Å²) in [5, 5.41) is 20.6. The summed E-state index contributed by atoms with van der Waals surface area (Å²) < 4.78 is 12.5. The highest BCUT2D eigenvalue weighted by atomic mass is 35.5. The van der Waals surface area contributed by atoms with Crippen LogP contribution < -0.4 is 20.1 Å². The molecule has 3 aromatic heterocycles. The molecule has 0 aliphatic rings. The smallest absolute Gasteiger partial charge is 0.265 e. The van der Waals surface area contributed by atoms with Crippen LogP contribution in [0.25, 0.3) is 27.7 Å². The van der Waals surface area contributed by atoms with Gasteiger partial charge >= 0.3 is 0 Å². The largest absolute Gasteiger partial charge is 0.495 e. The molecule has 0 bridgehead atoms. The lowest BCUT2D eigenvalue weighted by Gasteiger charge is -2.16. The fourth-order valence-corrected chi connectivity index (χ4v) is 4.74. The van der Waals surface area contributed by atoms with Crippen LogP contribution in [0.2, 0.25) is 10.0 Å². The molecule has 10 nitrogen and oxygen atoms in total. The number of aromatic nitrogens is 4. The van der Waals surface area contributed by atoms with Gasteiger partial charge in [0.15, 0.2) is 5.65 Å². The maximum absolute atomic E-state index is 12.2. The van der Waals surface area contributed by atoms with Crippen molar-refractivity contribution in [3.63, 3.8) is 0 Å². The van der Waals surface area contributed by atoms with Crippen molar-refractivity contribution in [2.75, 3.05) is 24.9 Å². The third kappa shape index (κ3) is 4.65. The molecule has 1 amide bonds. The van der Waals surface area contributed by atoms with E-state index in [1.165, 1.54) is 20.5 Å². The number of anilines is 3. The summed E-state index contributed by atoms with van der Waals surface area (Å²) in [4.78, 5) is 21.2. The summed E-state index contributed by atoms with van der Waals surface area (Å²) in [5.41, 5.74) is 3.12. The van der Waals surface area contributed by atoms with Gasteiger partial charge in [-0.1, -0.05) is 41.9 Å². The van der Waals surface area contributed by atoms with Gasteiger partial charge in [0.25, 0.3) is 5.91 Å². The summed E-state index contributed by atoms with van der Waals surface area (Å²) in [6.45, 7) is 3.45. The Hall–Kier alpha value is -4.85. The molecule has 5 aromatic rings. The number of nitrogens with zero attached hydrogens (tertiary/aromatic N) is 5. The number of halogens is 2. The lowest BCUT2D eigenvalue weighted by Crippen LogP contribution is -2.13. The zero-order valence-electron chi connectivity index (χ0n) is 20.6. The number of nitriles is 1. The zero-order chi connectivity index (χ0) is 27.7. The van der Waals surface area contributed by atoms with Crippen LogP contribution in [-0.2, 0) is 4.79 Å². The highest BCUT2D eigenvalue weighted by molar-refractivity contribution is 6.41. The van der Waals surface area contributed by atoms with Crippen molar-refractivity contribution in [2.45, 2.75) is 0 Å². The van der Waals surface area contributed by atoms with Gasteiger partial charge in [-0.2, -0.15) is 10.4 Å². The first-order valence-corrected chi connectivity index (χ1v) is 12.1. The Balaban J connectivity index is 1.61. The molecule has 2 aromatic carbocycles. The number of carbonyl (C=O) groups is 1. The van der Waals surface area contributed by atoms with E-state index < -0.39 is 5.91 Å². The van der Waals surface area contributed by atoms with E-state index in [0.29, 0.717) is 61.0 Å². The average Bonchev–Trinajstić information content (AvgIpc) is 3.45. The first-order valence-electron chi connectivity index (χ1n) is 11.4. The van der Waals surface area contributed by atoms with Crippen molar-refractivity contribution in [1.29, 1.82) is 5.26 Å². The molecular weight excluding hydrogens is 541 g/mol. The second-order valence-electron chi connectivity index (χ2n) is 8.18. The van der Waals surface area contributed by atoms with E-state index in [-0.39, 0.29) is 5.57 Å². The Morgan fingerprint density at radius 1 is 1.05 bits per heavy atom. The molecule has 0 saturated carbocycles. The minimum absolute atomic E-state index is 0.202. The van der Waals surface area contributed by atoms with E-state index in [1.807, 2.05) is 6.07 Å². The summed E-state index contributed by atoms with van der Waals surface area (Å²) in [7, 11) is 3.01. The van der Waals surface area contributed by atoms with E-state index in [9.17, 15) is 4.79 Å². The molecule has 5 rings (SSSR count). The third-order valence-electron chi connectivity index (χ3n) is 5.92. The molecule has 0 saturated heterocycles. The van der Waals surface area contributed by atoms with Crippen LogP contribution in [-0.4, -0.2) is 39.7 Å². The van der Waals surface area contributed by atoms with E-state index in [2.05, 4.69) is 32.3 Å². The number of hydrogen-bond acceptors (Lipinski definition) is 8. The number of fused-ring (bicyclic) bond motifs is 3. The Morgan fingerprint density at radius 3 is 2.41 bits per heavy atom. The molecule has 39 heavy (non-hydrogen) atoms. The standard InChI is InChI=1S/C27H19Cl2N7O3/c1-14(11-30)27(37)35-18-7-5-4-6-17(18)34-22-9-19-15(12-31-22)8-16(26-32-13-33-36(19)26)23-24(28)20(38-2)10-21(39-3)25(23)29/h4-10,12-13H,1H2,2-3H3,(H,31,34)(H,35,37). The average molecular weight is 560 g/mol. The molecule has 0 spiro atoms. The van der Waals surface area contributed by atoms with Crippen LogP contribution in [0.5, 0.6) is 11.5 Å². The third-order valence-corrected chi connectivity index (χ3v) is 6.67. The molecule has 3 heterocycles. The number of benzene rings is 2. The first kappa shape index (κ1) is 25.8. The van der Waals surface area contributed by atoms with Crippen LogP contribution in [0.4, 0.5) is 17.2 Å². The second kappa shape index (κ2) is 10.5. The van der Waals surface area contributed by atoms with Gasteiger partial charge in [0.05, 0.1) is 41.2 Å². The lowest BCUT2D eigenvalue weighted by atomic mass is 10.0. The Labute approximate surface area is 232 Å². The fourth-order valence-electron chi connectivity index (χ4n) is 4.03. The lowest BCUT2D eigenvalue weighted by molar-refractivity contribution is -0.112. The summed E-state index contributed by atoms with van der Waals surface area (Å²) >= 11 is 13.4. The zero-order valence-corrected chi connectivity index (χ0v) is 22.1. The van der Waals surface area contributed by atoms with Gasteiger partial charge in [-0.05, 0) is 18.2 Å². The second-order valence-corrected chi connectivity index (χ2v) is 8.94. The number of para-hydroxylation sites is 2. The number of amides is 1. The number of hydrogen-bond donors (Lipinski definition) is 2. The van der Waals surface area contributed by atoms with E-state index in [4.69, 9.17) is 37.9 Å². The van der Waals surface area contributed by atoms with Gasteiger partial charge in [0.1, 0.15) is 35.3 Å². The van der Waals surface area contributed by atoms with Crippen molar-refractivity contribution in [3.05, 3.63) is 77.2 Å². The monoisotopic (exact) mass is 559 g/mol. The first-order chi connectivity index (χ1) is 18.9. The van der Waals surface area contributed by atoms with Gasteiger partial charge in [-0.3, -0.25) is 4.79 Å². The molecule has 0 radical (unpaired) electrons. The van der Waals surface area contributed by atoms with E-state index >= 15 is 0 Å². The Kier molecular flexibility index (Phi) is 6.94. The molecule has 12 heteroatoms. The Morgan fingerprint density at radius 2 is 1.74 bits per heavy atom. The quantitative estimate of drug-likeness (QED) is 0.183. The topological polar surface area (TPSA) is 126 Å². The number of ether oxygens (including phenoxy) is 2. The summed E-state index contributed by atoms with van der Waals surface area (Å²) in [6.07, 6.45) is 3.10. The summed E-state index contributed by atoms with van der Waals surface area (Å²) in [6, 6.07) is 14.0. The van der Waals surface area contributed by atoms with Crippen LogP contribution in [0.15, 0.2) is 67.1 Å². The van der Waals surface area contributed by atoms with Crippen molar-refractivity contribution in [2.24, 2.45) is 0 Å². The SMILES string of the molecule is C=C(C#N)C(=O)Nc1ccccc1Nc1cc2c(cn1)cc(-c1c(Cl)c(OC)cc(OC)c1Cl)c1ncnn12. The molecule has 0 aliphatic carbocycles. The van der Waals surface area contributed by atoms with Crippen LogP contribution in [0.1, 0.15) is 0 Å². The Bertz CT molecular complexity index is 1800. The predicted molar refractivity (Wildman–Crippen MR) is 150 cm³/mol. The molecule has 194 valence electrons. The van der Waals surface area contributed by atoms with Gasteiger partial charge in [0.2, 0.25) is 0 Å². The van der Waals surface area contributed by atoms with Gasteiger partial charge < -0.3 is 20.1 Å². The molecule has 0 atom stereocenters. The summed E-state index contributed by atoms with van der Waals surface area (Å²) in [5.74, 6) is 0.674. The van der Waals surface area contributed by atoms with E-state index in [1.54, 1.807) is 53.2 Å². The highest BCUT2D eigenvalue weighted by Gasteiger charge is 2.23. The van der Waals surface area contributed by atoms with Crippen molar-refractivity contribution in [1.82, 2.24) is 19.6 Å². The molecule has 0 aliphatic heterocycles. The van der Waals surface area contributed by atoms with E-state index in [0.717, 1.165) is 5.39 Å². The van der Waals surface area contributed by atoms with Crippen molar-refractivity contribution < 1.29 is 14.3 Å². The van der Waals surface area contributed by atoms with Gasteiger partial charge in [-0.25, -0.2) is 14.5 Å². The van der Waals surface area contributed by atoms with Crippen LogP contribution in [0, 0.1) is 11.3 Å².